The highest BCUT2D eigenvalue weighted by Gasteiger charge is 2.39. The summed E-state index contributed by atoms with van der Waals surface area (Å²) in [5.41, 5.74) is 1.49. The maximum atomic E-state index is 13.1. The van der Waals surface area contributed by atoms with Crippen LogP contribution in [-0.4, -0.2) is 23.4 Å². The van der Waals surface area contributed by atoms with Crippen molar-refractivity contribution >= 4 is 0 Å². The molecule has 0 spiro atoms. The van der Waals surface area contributed by atoms with Crippen molar-refractivity contribution < 1.29 is 14.2 Å². The summed E-state index contributed by atoms with van der Waals surface area (Å²) in [4.78, 5) is 0. The summed E-state index contributed by atoms with van der Waals surface area (Å²) in [6, 6.07) is 4.76. The Hall–Kier alpha value is -0.930. The van der Waals surface area contributed by atoms with Crippen LogP contribution in [0.25, 0.3) is 0 Å². The molecule has 1 aromatic carbocycles. The molecule has 0 saturated heterocycles. The monoisotopic (exact) mass is 280 g/mol. The Labute approximate surface area is 121 Å². The Balaban J connectivity index is 2.13. The minimum atomic E-state index is -0.521. The van der Waals surface area contributed by atoms with E-state index in [-0.39, 0.29) is 5.82 Å². The Bertz CT molecular complexity index is 433. The van der Waals surface area contributed by atoms with Gasteiger partial charge in [-0.15, -0.1) is 0 Å². The van der Waals surface area contributed by atoms with Crippen molar-refractivity contribution in [2.75, 3.05) is 6.61 Å². The van der Waals surface area contributed by atoms with Crippen molar-refractivity contribution in [1.29, 1.82) is 0 Å². The maximum Gasteiger partial charge on any atom is 0.123 e. The van der Waals surface area contributed by atoms with Gasteiger partial charge in [0, 0.05) is 13.0 Å². The summed E-state index contributed by atoms with van der Waals surface area (Å²) in [6.45, 7) is 4.49. The molecule has 0 aliphatic heterocycles. The van der Waals surface area contributed by atoms with Crippen molar-refractivity contribution in [1.82, 2.24) is 0 Å². The molecule has 1 aliphatic carbocycles. The number of rotatable bonds is 5. The van der Waals surface area contributed by atoms with E-state index >= 15 is 0 Å². The van der Waals surface area contributed by atoms with E-state index in [1.54, 1.807) is 6.07 Å². The highest BCUT2D eigenvalue weighted by atomic mass is 19.1. The van der Waals surface area contributed by atoms with E-state index in [1.165, 1.54) is 18.6 Å². The van der Waals surface area contributed by atoms with Crippen molar-refractivity contribution in [2.45, 2.75) is 64.1 Å². The van der Waals surface area contributed by atoms with Crippen LogP contribution in [0.2, 0.25) is 0 Å². The van der Waals surface area contributed by atoms with E-state index in [1.807, 2.05) is 13.8 Å². The van der Waals surface area contributed by atoms with Crippen molar-refractivity contribution in [3.8, 4) is 0 Å². The predicted molar refractivity (Wildman–Crippen MR) is 78.3 cm³/mol. The van der Waals surface area contributed by atoms with Gasteiger partial charge in [0.25, 0.3) is 0 Å². The first-order chi connectivity index (χ1) is 9.57. The number of ether oxygens (including phenoxy) is 1. The number of aliphatic hydroxyl groups excluding tert-OH is 1. The van der Waals surface area contributed by atoms with Crippen LogP contribution in [0.5, 0.6) is 0 Å². The zero-order chi connectivity index (χ0) is 14.6. The molecular formula is C17H25FO2. The fourth-order valence-electron chi connectivity index (χ4n) is 3.29. The van der Waals surface area contributed by atoms with E-state index in [9.17, 15) is 9.50 Å². The van der Waals surface area contributed by atoms with Gasteiger partial charge in [-0.3, -0.25) is 0 Å². The molecule has 3 heteroatoms. The highest BCUT2D eigenvalue weighted by Crippen LogP contribution is 2.36. The third-order valence-electron chi connectivity index (χ3n) is 4.46. The minimum Gasteiger partial charge on any atom is -0.390 e. The van der Waals surface area contributed by atoms with Crippen LogP contribution < -0.4 is 0 Å². The normalized spacial score (nSPS) is 19.8. The van der Waals surface area contributed by atoms with Gasteiger partial charge in [0.2, 0.25) is 0 Å². The Morgan fingerprint density at radius 2 is 2.00 bits per heavy atom. The summed E-state index contributed by atoms with van der Waals surface area (Å²) < 4.78 is 19.1. The number of benzene rings is 1. The molecule has 1 saturated carbocycles. The summed E-state index contributed by atoms with van der Waals surface area (Å²) in [5, 5.41) is 10.7. The molecule has 0 amide bonds. The molecule has 1 aliphatic rings. The van der Waals surface area contributed by atoms with E-state index < -0.39 is 11.7 Å². The lowest BCUT2D eigenvalue weighted by atomic mass is 9.78. The summed E-state index contributed by atoms with van der Waals surface area (Å²) >= 11 is 0. The third kappa shape index (κ3) is 3.39. The third-order valence-corrected chi connectivity index (χ3v) is 4.46. The fraction of sp³-hybridized carbons (Fsp3) is 0.647. The van der Waals surface area contributed by atoms with Gasteiger partial charge in [0.1, 0.15) is 5.82 Å². The summed E-state index contributed by atoms with van der Waals surface area (Å²) in [7, 11) is 0. The van der Waals surface area contributed by atoms with Crippen LogP contribution in [-0.2, 0) is 11.2 Å². The van der Waals surface area contributed by atoms with E-state index in [2.05, 4.69) is 0 Å². The molecule has 0 bridgehead atoms. The molecule has 1 N–H and O–H groups in total. The maximum absolute atomic E-state index is 13.1. The minimum absolute atomic E-state index is 0.224. The van der Waals surface area contributed by atoms with Gasteiger partial charge in [-0.2, -0.15) is 0 Å². The van der Waals surface area contributed by atoms with Crippen molar-refractivity contribution in [2.24, 2.45) is 0 Å². The van der Waals surface area contributed by atoms with Gasteiger partial charge in [-0.05, 0) is 49.9 Å². The standard InChI is InChI=1S/C17H25FO2/c1-3-20-17(9-5-4-6-10-17)16(19)12-14-7-8-15(18)11-13(14)2/h7-8,11,16,19H,3-6,9-10,12H2,1-2H3. The lowest BCUT2D eigenvalue weighted by Crippen LogP contribution is -2.47. The summed E-state index contributed by atoms with van der Waals surface area (Å²) in [6.07, 6.45) is 5.29. The zero-order valence-electron chi connectivity index (χ0n) is 12.5. The predicted octanol–water partition coefficient (Wildman–Crippen LogP) is 3.78. The molecule has 1 aromatic rings. The highest BCUT2D eigenvalue weighted by molar-refractivity contribution is 5.27. The van der Waals surface area contributed by atoms with Crippen molar-refractivity contribution in [3.63, 3.8) is 0 Å². The molecule has 0 radical (unpaired) electrons. The van der Waals surface area contributed by atoms with Crippen LogP contribution in [0.1, 0.15) is 50.2 Å². The van der Waals surface area contributed by atoms with Gasteiger partial charge in [-0.1, -0.05) is 25.3 Å². The van der Waals surface area contributed by atoms with E-state index in [0.717, 1.165) is 36.8 Å². The molecular weight excluding hydrogens is 255 g/mol. The number of aryl methyl sites for hydroxylation is 1. The topological polar surface area (TPSA) is 29.5 Å². The molecule has 20 heavy (non-hydrogen) atoms. The molecule has 1 unspecified atom stereocenters. The van der Waals surface area contributed by atoms with Crippen LogP contribution >= 0.6 is 0 Å². The first-order valence-corrected chi connectivity index (χ1v) is 7.64. The second kappa shape index (κ2) is 6.68. The lowest BCUT2D eigenvalue weighted by molar-refractivity contribution is -0.138. The largest absolute Gasteiger partial charge is 0.390 e. The van der Waals surface area contributed by atoms with E-state index in [4.69, 9.17) is 4.74 Å². The van der Waals surface area contributed by atoms with Gasteiger partial charge in [0.05, 0.1) is 11.7 Å². The first kappa shape index (κ1) is 15.5. The van der Waals surface area contributed by atoms with E-state index in [0.29, 0.717) is 13.0 Å². The summed E-state index contributed by atoms with van der Waals surface area (Å²) in [5.74, 6) is -0.224. The SMILES string of the molecule is CCOC1(C(O)Cc2ccc(F)cc2C)CCCCC1. The van der Waals surface area contributed by atoms with Crippen LogP contribution in [0.4, 0.5) is 4.39 Å². The van der Waals surface area contributed by atoms with Crippen LogP contribution in [0.3, 0.4) is 0 Å². The number of hydrogen-bond donors (Lipinski definition) is 1. The molecule has 0 heterocycles. The Kier molecular flexibility index (Phi) is 5.17. The van der Waals surface area contributed by atoms with Gasteiger partial charge < -0.3 is 9.84 Å². The molecule has 1 atom stereocenters. The number of aliphatic hydroxyl groups is 1. The molecule has 1 fully saturated rings. The smallest absolute Gasteiger partial charge is 0.123 e. The number of halogens is 1. The average molecular weight is 280 g/mol. The Morgan fingerprint density at radius 3 is 2.60 bits per heavy atom. The molecule has 0 aromatic heterocycles. The first-order valence-electron chi connectivity index (χ1n) is 7.64. The number of hydrogen-bond acceptors (Lipinski definition) is 2. The second-order valence-corrected chi connectivity index (χ2v) is 5.85. The van der Waals surface area contributed by atoms with Gasteiger partial charge in [-0.25, -0.2) is 4.39 Å². The molecule has 112 valence electrons. The second-order valence-electron chi connectivity index (χ2n) is 5.85. The Morgan fingerprint density at radius 1 is 1.30 bits per heavy atom. The van der Waals surface area contributed by atoms with Crippen molar-refractivity contribution in [3.05, 3.63) is 35.1 Å². The molecule has 2 rings (SSSR count). The molecule has 2 nitrogen and oxygen atoms in total. The average Bonchev–Trinajstić information content (AvgIpc) is 2.43. The van der Waals surface area contributed by atoms with Gasteiger partial charge in [0.15, 0.2) is 0 Å². The van der Waals surface area contributed by atoms with Crippen LogP contribution in [0.15, 0.2) is 18.2 Å². The van der Waals surface area contributed by atoms with Crippen LogP contribution in [0, 0.1) is 12.7 Å². The fourth-order valence-corrected chi connectivity index (χ4v) is 3.29. The lowest BCUT2D eigenvalue weighted by Gasteiger charge is -2.41. The zero-order valence-corrected chi connectivity index (χ0v) is 12.5. The quantitative estimate of drug-likeness (QED) is 0.889. The van der Waals surface area contributed by atoms with Gasteiger partial charge >= 0.3 is 0 Å².